The number of sulfonamides is 1. The Morgan fingerprint density at radius 2 is 2.11 bits per heavy atom. The number of carbonyl (C=O) groups excluding carboxylic acids is 1. The number of nitrogens with one attached hydrogen (secondary N) is 3. The molecule has 108 valence electrons. The Bertz CT molecular complexity index is 524. The Morgan fingerprint density at radius 3 is 2.68 bits per heavy atom. The molecule has 1 heterocycles. The molecule has 0 radical (unpaired) electrons. The van der Waals surface area contributed by atoms with Crippen LogP contribution in [0.15, 0.2) is 21.6 Å². The first-order valence-corrected chi connectivity index (χ1v) is 7.44. The lowest BCUT2D eigenvalue weighted by Gasteiger charge is -2.12. The fourth-order valence-corrected chi connectivity index (χ4v) is 2.09. The van der Waals surface area contributed by atoms with E-state index < -0.39 is 15.9 Å². The maximum atomic E-state index is 11.7. The van der Waals surface area contributed by atoms with Crippen molar-refractivity contribution in [2.45, 2.75) is 25.0 Å². The van der Waals surface area contributed by atoms with Crippen molar-refractivity contribution in [3.8, 4) is 0 Å². The fraction of sp³-hybridized carbons (Fsp3) is 0.545. The van der Waals surface area contributed by atoms with Gasteiger partial charge in [0, 0.05) is 12.6 Å². The normalized spacial score (nSPS) is 13.2. The van der Waals surface area contributed by atoms with Crippen molar-refractivity contribution in [2.75, 3.05) is 20.1 Å². The number of rotatable bonds is 7. The molecule has 0 fully saturated rings. The van der Waals surface area contributed by atoms with Gasteiger partial charge in [-0.1, -0.05) is 6.92 Å². The second kappa shape index (κ2) is 6.69. The summed E-state index contributed by atoms with van der Waals surface area (Å²) in [6.07, 6.45) is 0. The number of amides is 1. The molecule has 0 unspecified atom stereocenters. The summed E-state index contributed by atoms with van der Waals surface area (Å²) in [5.41, 5.74) is 0. The fourth-order valence-electron chi connectivity index (χ4n) is 1.44. The van der Waals surface area contributed by atoms with E-state index in [0.717, 1.165) is 6.54 Å². The third-order valence-corrected chi connectivity index (χ3v) is 3.75. The first-order valence-electron chi connectivity index (χ1n) is 5.95. The third kappa shape index (κ3) is 4.34. The van der Waals surface area contributed by atoms with Crippen molar-refractivity contribution in [1.82, 2.24) is 15.4 Å². The zero-order valence-electron chi connectivity index (χ0n) is 11.2. The first-order chi connectivity index (χ1) is 8.90. The van der Waals surface area contributed by atoms with E-state index in [1.165, 1.54) is 19.2 Å². The molecule has 1 atom stereocenters. The number of hydrogen-bond donors (Lipinski definition) is 3. The topological polar surface area (TPSA) is 100 Å². The van der Waals surface area contributed by atoms with Gasteiger partial charge in [0.1, 0.15) is 0 Å². The van der Waals surface area contributed by atoms with Crippen LogP contribution in [0.1, 0.15) is 24.4 Å². The molecule has 1 rings (SSSR count). The molecule has 0 saturated carbocycles. The van der Waals surface area contributed by atoms with Crippen LogP contribution >= 0.6 is 0 Å². The Morgan fingerprint density at radius 1 is 1.42 bits per heavy atom. The molecule has 8 heteroatoms. The van der Waals surface area contributed by atoms with Crippen molar-refractivity contribution in [2.24, 2.45) is 0 Å². The summed E-state index contributed by atoms with van der Waals surface area (Å²) in [6, 6.07) is 2.70. The van der Waals surface area contributed by atoms with Crippen LogP contribution in [0.2, 0.25) is 0 Å². The van der Waals surface area contributed by atoms with Crippen molar-refractivity contribution < 1.29 is 17.6 Å². The molecule has 0 spiro atoms. The van der Waals surface area contributed by atoms with Gasteiger partial charge in [0.15, 0.2) is 5.76 Å². The van der Waals surface area contributed by atoms with Crippen molar-refractivity contribution in [3.63, 3.8) is 0 Å². The number of likely N-dealkylation sites (N-methyl/N-ethyl adjacent to an activating group) is 1. The maximum Gasteiger partial charge on any atom is 0.287 e. The lowest BCUT2D eigenvalue weighted by molar-refractivity contribution is 0.0917. The van der Waals surface area contributed by atoms with Gasteiger partial charge < -0.3 is 15.1 Å². The van der Waals surface area contributed by atoms with E-state index in [-0.39, 0.29) is 16.9 Å². The van der Waals surface area contributed by atoms with Gasteiger partial charge in [0.05, 0.1) is 0 Å². The molecule has 1 aromatic rings. The maximum absolute atomic E-state index is 11.7. The third-order valence-electron chi connectivity index (χ3n) is 2.46. The molecule has 1 amide bonds. The van der Waals surface area contributed by atoms with Gasteiger partial charge in [-0.05, 0) is 32.6 Å². The summed E-state index contributed by atoms with van der Waals surface area (Å²) in [5, 5.41) is 5.52. The molecule has 19 heavy (non-hydrogen) atoms. The molecule has 0 aliphatic rings. The summed E-state index contributed by atoms with van der Waals surface area (Å²) >= 11 is 0. The predicted molar refractivity (Wildman–Crippen MR) is 70.4 cm³/mol. The highest BCUT2D eigenvalue weighted by Gasteiger charge is 2.19. The van der Waals surface area contributed by atoms with E-state index in [0.29, 0.717) is 6.54 Å². The van der Waals surface area contributed by atoms with Crippen LogP contribution in [0.25, 0.3) is 0 Å². The Kier molecular flexibility index (Phi) is 5.52. The minimum atomic E-state index is -3.66. The Hall–Kier alpha value is -1.38. The summed E-state index contributed by atoms with van der Waals surface area (Å²) in [5.74, 6) is -0.472. The van der Waals surface area contributed by atoms with Gasteiger partial charge in [0.2, 0.25) is 5.09 Å². The van der Waals surface area contributed by atoms with E-state index in [2.05, 4.69) is 15.4 Å². The van der Waals surface area contributed by atoms with Crippen molar-refractivity contribution in [3.05, 3.63) is 17.9 Å². The van der Waals surface area contributed by atoms with E-state index in [1.807, 2.05) is 13.8 Å². The van der Waals surface area contributed by atoms with Crippen LogP contribution in [-0.4, -0.2) is 40.5 Å². The minimum Gasteiger partial charge on any atom is -0.438 e. The standard InChI is InChI=1S/C11H19N3O4S/c1-4-13-8(2)7-14-11(15)9-5-6-10(18-9)19(16,17)12-3/h5-6,8,12-13H,4,7H2,1-3H3,(H,14,15)/t8-/m1/s1. The van der Waals surface area contributed by atoms with Gasteiger partial charge in [-0.2, -0.15) is 0 Å². The van der Waals surface area contributed by atoms with E-state index in [4.69, 9.17) is 4.42 Å². The predicted octanol–water partition coefficient (Wildman–Crippen LogP) is -0.0845. The van der Waals surface area contributed by atoms with Gasteiger partial charge in [-0.15, -0.1) is 0 Å². The second-order valence-electron chi connectivity index (χ2n) is 3.99. The monoisotopic (exact) mass is 289 g/mol. The van der Waals surface area contributed by atoms with Crippen LogP contribution in [0, 0.1) is 0 Å². The molecular weight excluding hydrogens is 270 g/mol. The highest BCUT2D eigenvalue weighted by atomic mass is 32.2. The minimum absolute atomic E-state index is 0.0301. The van der Waals surface area contributed by atoms with Crippen molar-refractivity contribution >= 4 is 15.9 Å². The quantitative estimate of drug-likeness (QED) is 0.651. The van der Waals surface area contributed by atoms with E-state index in [1.54, 1.807) is 0 Å². The van der Waals surface area contributed by atoms with E-state index in [9.17, 15) is 13.2 Å². The second-order valence-corrected chi connectivity index (χ2v) is 5.81. The summed E-state index contributed by atoms with van der Waals surface area (Å²) < 4.78 is 30.0. The lowest BCUT2D eigenvalue weighted by atomic mass is 10.3. The summed E-state index contributed by atoms with van der Waals surface area (Å²) in [6.45, 7) is 5.15. The molecule has 0 bridgehead atoms. The number of hydrogen-bond acceptors (Lipinski definition) is 5. The molecule has 0 saturated heterocycles. The average Bonchev–Trinajstić information content (AvgIpc) is 2.86. The molecule has 0 aromatic carbocycles. The average molecular weight is 289 g/mol. The van der Waals surface area contributed by atoms with E-state index >= 15 is 0 Å². The highest BCUT2D eigenvalue weighted by molar-refractivity contribution is 7.89. The molecule has 1 aromatic heterocycles. The summed E-state index contributed by atoms with van der Waals surface area (Å²) in [7, 11) is -2.39. The largest absolute Gasteiger partial charge is 0.438 e. The van der Waals surface area contributed by atoms with Crippen LogP contribution in [0.5, 0.6) is 0 Å². The van der Waals surface area contributed by atoms with Crippen molar-refractivity contribution in [1.29, 1.82) is 0 Å². The van der Waals surface area contributed by atoms with Crippen LogP contribution in [0.4, 0.5) is 0 Å². The van der Waals surface area contributed by atoms with Gasteiger partial charge in [-0.3, -0.25) is 4.79 Å². The number of carbonyl (C=O) groups is 1. The Labute approximate surface area is 112 Å². The zero-order valence-corrected chi connectivity index (χ0v) is 12.0. The molecular formula is C11H19N3O4S. The van der Waals surface area contributed by atoms with Crippen LogP contribution in [-0.2, 0) is 10.0 Å². The smallest absolute Gasteiger partial charge is 0.287 e. The van der Waals surface area contributed by atoms with Gasteiger partial charge in [-0.25, -0.2) is 13.1 Å². The highest BCUT2D eigenvalue weighted by Crippen LogP contribution is 2.13. The Balaban J connectivity index is 2.64. The molecule has 0 aliphatic heterocycles. The lowest BCUT2D eigenvalue weighted by Crippen LogP contribution is -2.38. The first kappa shape index (κ1) is 15.7. The van der Waals surface area contributed by atoms with Gasteiger partial charge >= 0.3 is 0 Å². The molecule has 3 N–H and O–H groups in total. The summed E-state index contributed by atoms with van der Waals surface area (Å²) in [4.78, 5) is 11.7. The number of furan rings is 1. The zero-order chi connectivity index (χ0) is 14.5. The SMILES string of the molecule is CCN[C@H](C)CNC(=O)c1ccc(S(=O)(=O)NC)o1. The van der Waals surface area contributed by atoms with Crippen LogP contribution < -0.4 is 15.4 Å². The van der Waals surface area contributed by atoms with Gasteiger partial charge in [0.25, 0.3) is 15.9 Å². The van der Waals surface area contributed by atoms with Crippen LogP contribution in [0.3, 0.4) is 0 Å². The molecule has 0 aliphatic carbocycles. The molecule has 7 nitrogen and oxygen atoms in total.